The molecule has 2 aromatic carbocycles. The number of thioether (sulfide) groups is 1. The van der Waals surface area contributed by atoms with Crippen LogP contribution in [0.15, 0.2) is 53.6 Å². The summed E-state index contributed by atoms with van der Waals surface area (Å²) in [6.07, 6.45) is 1.76. The molecular formula is C19H19Cl2NO2S. The van der Waals surface area contributed by atoms with Gasteiger partial charge in [0.1, 0.15) is 0 Å². The van der Waals surface area contributed by atoms with E-state index < -0.39 is 0 Å². The second-order valence-electron chi connectivity index (χ2n) is 5.52. The number of carbonyl (C=O) groups excluding carboxylic acids is 1. The summed E-state index contributed by atoms with van der Waals surface area (Å²) in [6.45, 7) is 0. The first-order valence-electron chi connectivity index (χ1n) is 7.55. The molecule has 132 valence electrons. The first-order valence-corrected chi connectivity index (χ1v) is 9.29. The number of hydrogen-bond donors (Lipinski definition) is 0. The molecule has 6 heteroatoms. The van der Waals surface area contributed by atoms with Crippen molar-refractivity contribution in [3.8, 4) is 0 Å². The van der Waals surface area contributed by atoms with Crippen molar-refractivity contribution in [2.45, 2.75) is 10.6 Å². The number of methoxy groups -OCH3 is 1. The molecule has 0 saturated heterocycles. The van der Waals surface area contributed by atoms with Crippen LogP contribution in [0.1, 0.15) is 11.1 Å². The molecule has 0 heterocycles. The van der Waals surface area contributed by atoms with Gasteiger partial charge in [-0.25, -0.2) is 4.79 Å². The van der Waals surface area contributed by atoms with Gasteiger partial charge in [0.15, 0.2) is 0 Å². The van der Waals surface area contributed by atoms with Gasteiger partial charge in [-0.1, -0.05) is 41.4 Å². The van der Waals surface area contributed by atoms with Crippen LogP contribution in [0.3, 0.4) is 0 Å². The fourth-order valence-electron chi connectivity index (χ4n) is 2.22. The number of nitrogens with zero attached hydrogens (tertiary/aromatic N) is 1. The van der Waals surface area contributed by atoms with Crippen LogP contribution in [0, 0.1) is 0 Å². The minimum atomic E-state index is -0.373. The second kappa shape index (κ2) is 9.18. The zero-order chi connectivity index (χ0) is 18.4. The van der Waals surface area contributed by atoms with Gasteiger partial charge in [-0.05, 0) is 29.8 Å². The standard InChI is InChI=1S/C19H19Cl2NO2S/c1-22(2)11-16(19(23)24-3)15-6-4-5-7-18(15)25-12-13-10-14(20)8-9-17(13)21/h4-11H,12H2,1-3H3/b16-11+. The number of ether oxygens (including phenoxy) is 1. The molecule has 0 aromatic heterocycles. The number of benzene rings is 2. The zero-order valence-electron chi connectivity index (χ0n) is 14.3. The molecule has 25 heavy (non-hydrogen) atoms. The quantitative estimate of drug-likeness (QED) is 0.374. The summed E-state index contributed by atoms with van der Waals surface area (Å²) >= 11 is 13.9. The molecule has 0 N–H and O–H groups in total. The van der Waals surface area contributed by atoms with Gasteiger partial charge in [0, 0.05) is 46.6 Å². The van der Waals surface area contributed by atoms with Crippen molar-refractivity contribution in [3.63, 3.8) is 0 Å². The van der Waals surface area contributed by atoms with Crippen LogP contribution in [0.25, 0.3) is 5.57 Å². The summed E-state index contributed by atoms with van der Waals surface area (Å²) in [4.78, 5) is 15.0. The monoisotopic (exact) mass is 395 g/mol. The Morgan fingerprint density at radius 1 is 1.20 bits per heavy atom. The zero-order valence-corrected chi connectivity index (χ0v) is 16.6. The van der Waals surface area contributed by atoms with Crippen LogP contribution in [0.5, 0.6) is 0 Å². The van der Waals surface area contributed by atoms with Gasteiger partial charge in [0.25, 0.3) is 0 Å². The van der Waals surface area contributed by atoms with E-state index in [2.05, 4.69) is 0 Å². The van der Waals surface area contributed by atoms with Crippen molar-refractivity contribution in [3.05, 3.63) is 69.8 Å². The summed E-state index contributed by atoms with van der Waals surface area (Å²) in [5, 5.41) is 1.32. The van der Waals surface area contributed by atoms with Gasteiger partial charge in [-0.15, -0.1) is 11.8 Å². The molecule has 0 radical (unpaired) electrons. The lowest BCUT2D eigenvalue weighted by Crippen LogP contribution is -2.10. The highest BCUT2D eigenvalue weighted by atomic mass is 35.5. The number of rotatable bonds is 6. The van der Waals surface area contributed by atoms with Crippen molar-refractivity contribution < 1.29 is 9.53 Å². The molecule has 0 amide bonds. The lowest BCUT2D eigenvalue weighted by atomic mass is 10.1. The Bertz CT molecular complexity index is 791. The van der Waals surface area contributed by atoms with E-state index >= 15 is 0 Å². The Balaban J connectivity index is 2.34. The fourth-order valence-corrected chi connectivity index (χ4v) is 3.74. The Kier molecular flexibility index (Phi) is 7.24. The number of hydrogen-bond acceptors (Lipinski definition) is 4. The average Bonchev–Trinajstić information content (AvgIpc) is 2.60. The number of carbonyl (C=O) groups is 1. The normalized spacial score (nSPS) is 11.3. The lowest BCUT2D eigenvalue weighted by molar-refractivity contribution is -0.133. The maximum absolute atomic E-state index is 12.2. The van der Waals surface area contributed by atoms with Crippen LogP contribution in [-0.4, -0.2) is 32.1 Å². The number of halogens is 2. The third kappa shape index (κ3) is 5.43. The molecule has 0 aliphatic carbocycles. The number of esters is 1. The van der Waals surface area contributed by atoms with Crippen molar-refractivity contribution in [2.24, 2.45) is 0 Å². The summed E-state index contributed by atoms with van der Waals surface area (Å²) in [5.74, 6) is 0.273. The molecule has 3 nitrogen and oxygen atoms in total. The lowest BCUT2D eigenvalue weighted by Gasteiger charge is -2.14. The summed E-state index contributed by atoms with van der Waals surface area (Å²) in [5.41, 5.74) is 2.28. The molecular weight excluding hydrogens is 377 g/mol. The van der Waals surface area contributed by atoms with Gasteiger partial charge >= 0.3 is 5.97 Å². The molecule has 0 spiro atoms. The maximum Gasteiger partial charge on any atom is 0.339 e. The SMILES string of the molecule is COC(=O)/C(=C/N(C)C)c1ccccc1SCc1cc(Cl)ccc1Cl. The van der Waals surface area contributed by atoms with Crippen LogP contribution in [0.2, 0.25) is 10.0 Å². The maximum atomic E-state index is 12.2. The Morgan fingerprint density at radius 2 is 1.92 bits per heavy atom. The summed E-state index contributed by atoms with van der Waals surface area (Å²) in [6, 6.07) is 13.1. The van der Waals surface area contributed by atoms with E-state index in [0.717, 1.165) is 16.0 Å². The topological polar surface area (TPSA) is 29.5 Å². The Morgan fingerprint density at radius 3 is 2.60 bits per heavy atom. The van der Waals surface area contributed by atoms with E-state index in [9.17, 15) is 4.79 Å². The van der Waals surface area contributed by atoms with Crippen LogP contribution in [0.4, 0.5) is 0 Å². The molecule has 0 aliphatic heterocycles. The van der Waals surface area contributed by atoms with Gasteiger partial charge in [-0.3, -0.25) is 0 Å². The highest BCUT2D eigenvalue weighted by Gasteiger charge is 2.17. The molecule has 0 unspecified atom stereocenters. The van der Waals surface area contributed by atoms with Crippen molar-refractivity contribution >= 4 is 46.5 Å². The highest BCUT2D eigenvalue weighted by molar-refractivity contribution is 7.98. The van der Waals surface area contributed by atoms with Crippen LogP contribution in [-0.2, 0) is 15.3 Å². The van der Waals surface area contributed by atoms with Gasteiger partial charge < -0.3 is 9.64 Å². The van der Waals surface area contributed by atoms with E-state index in [0.29, 0.717) is 21.4 Å². The minimum Gasteiger partial charge on any atom is -0.465 e. The largest absolute Gasteiger partial charge is 0.465 e. The van der Waals surface area contributed by atoms with Gasteiger partial charge in [-0.2, -0.15) is 0 Å². The molecule has 0 fully saturated rings. The molecule has 0 saturated carbocycles. The third-order valence-corrected chi connectivity index (χ3v) is 5.09. The van der Waals surface area contributed by atoms with Gasteiger partial charge in [0.05, 0.1) is 12.7 Å². The highest BCUT2D eigenvalue weighted by Crippen LogP contribution is 2.33. The predicted molar refractivity (Wildman–Crippen MR) is 106 cm³/mol. The van der Waals surface area contributed by atoms with E-state index in [-0.39, 0.29) is 5.97 Å². The fraction of sp³-hybridized carbons (Fsp3) is 0.211. The van der Waals surface area contributed by atoms with Crippen molar-refractivity contribution in [2.75, 3.05) is 21.2 Å². The molecule has 0 aliphatic rings. The summed E-state index contributed by atoms with van der Waals surface area (Å²) < 4.78 is 4.94. The van der Waals surface area contributed by atoms with Crippen molar-refractivity contribution in [1.82, 2.24) is 4.90 Å². The molecule has 0 bridgehead atoms. The third-order valence-electron chi connectivity index (χ3n) is 3.36. The Hall–Kier alpha value is -1.62. The molecule has 2 aromatic rings. The van der Waals surface area contributed by atoms with E-state index in [1.54, 1.807) is 30.1 Å². The minimum absolute atomic E-state index is 0.373. The molecule has 0 atom stereocenters. The van der Waals surface area contributed by atoms with E-state index in [1.165, 1.54) is 7.11 Å². The van der Waals surface area contributed by atoms with E-state index in [1.807, 2.05) is 49.3 Å². The first-order chi connectivity index (χ1) is 11.9. The van der Waals surface area contributed by atoms with Crippen LogP contribution >= 0.6 is 35.0 Å². The predicted octanol–water partition coefficient (Wildman–Crippen LogP) is 5.36. The average molecular weight is 396 g/mol. The summed E-state index contributed by atoms with van der Waals surface area (Å²) in [7, 11) is 5.11. The van der Waals surface area contributed by atoms with Gasteiger partial charge in [0.2, 0.25) is 0 Å². The van der Waals surface area contributed by atoms with Crippen LogP contribution < -0.4 is 0 Å². The van der Waals surface area contributed by atoms with E-state index in [4.69, 9.17) is 27.9 Å². The first kappa shape index (κ1) is 19.7. The van der Waals surface area contributed by atoms with Crippen molar-refractivity contribution in [1.29, 1.82) is 0 Å². The smallest absolute Gasteiger partial charge is 0.339 e. The molecule has 2 rings (SSSR count). The second-order valence-corrected chi connectivity index (χ2v) is 7.38. The Labute approximate surface area is 162 Å².